The van der Waals surface area contributed by atoms with E-state index in [4.69, 9.17) is 5.10 Å². The number of rotatable bonds is 7. The Morgan fingerprint density at radius 3 is 2.75 bits per heavy atom. The Balaban J connectivity index is 1.69. The summed E-state index contributed by atoms with van der Waals surface area (Å²) >= 11 is 0. The number of H-pyrrole nitrogens is 1. The van der Waals surface area contributed by atoms with Crippen LogP contribution in [0.1, 0.15) is 64.5 Å². The number of anilines is 1. The predicted octanol–water partition coefficient (Wildman–Crippen LogP) is 5.61. The molecule has 0 spiro atoms. The Labute approximate surface area is 212 Å². The molecule has 7 heteroatoms. The van der Waals surface area contributed by atoms with Crippen LogP contribution in [0.5, 0.6) is 0 Å². The maximum absolute atomic E-state index is 13.4. The van der Waals surface area contributed by atoms with Crippen molar-refractivity contribution < 1.29 is 9.59 Å². The van der Waals surface area contributed by atoms with Crippen LogP contribution in [-0.2, 0) is 13.1 Å². The first-order valence-corrected chi connectivity index (χ1v) is 12.2. The number of hydrogen-bond acceptors (Lipinski definition) is 3. The third-order valence-corrected chi connectivity index (χ3v) is 6.40. The first-order valence-electron chi connectivity index (χ1n) is 12.2. The lowest BCUT2D eigenvalue weighted by molar-refractivity contribution is 0.0711. The third-order valence-electron chi connectivity index (χ3n) is 6.40. The first-order chi connectivity index (χ1) is 17.3. The quantitative estimate of drug-likeness (QED) is 0.429. The van der Waals surface area contributed by atoms with Crippen LogP contribution in [0.2, 0.25) is 0 Å². The third kappa shape index (κ3) is 5.40. The fourth-order valence-corrected chi connectivity index (χ4v) is 4.49. The van der Waals surface area contributed by atoms with E-state index in [0.717, 1.165) is 28.0 Å². The van der Waals surface area contributed by atoms with E-state index >= 15 is 0 Å². The van der Waals surface area contributed by atoms with E-state index in [9.17, 15) is 9.59 Å². The van der Waals surface area contributed by atoms with Gasteiger partial charge in [0.2, 0.25) is 0 Å². The lowest BCUT2D eigenvalue weighted by atomic mass is 9.95. The van der Waals surface area contributed by atoms with Crippen LogP contribution in [-0.4, -0.2) is 38.0 Å². The normalized spacial score (nSPS) is 15.7. The largest absolute Gasteiger partial charge is 0.357 e. The summed E-state index contributed by atoms with van der Waals surface area (Å²) in [5.74, 6) is -0.387. The van der Waals surface area contributed by atoms with Gasteiger partial charge in [-0.05, 0) is 56.2 Å². The second-order valence-corrected chi connectivity index (χ2v) is 9.39. The van der Waals surface area contributed by atoms with Crippen LogP contribution >= 0.6 is 0 Å². The van der Waals surface area contributed by atoms with Crippen molar-refractivity contribution in [3.63, 3.8) is 0 Å². The molecular formula is C29H33N5O2. The highest BCUT2D eigenvalue weighted by Gasteiger charge is 2.34. The summed E-state index contributed by atoms with van der Waals surface area (Å²) in [4.78, 5) is 31.3. The predicted molar refractivity (Wildman–Crippen MR) is 143 cm³/mol. The Kier molecular flexibility index (Phi) is 7.38. The van der Waals surface area contributed by atoms with Gasteiger partial charge in [-0.1, -0.05) is 49.4 Å². The minimum absolute atomic E-state index is 0.00487. The van der Waals surface area contributed by atoms with E-state index in [-0.39, 0.29) is 17.7 Å². The average molecular weight is 484 g/mol. The molecule has 1 aliphatic rings. The summed E-state index contributed by atoms with van der Waals surface area (Å²) < 4.78 is 1.87. The summed E-state index contributed by atoms with van der Waals surface area (Å²) in [7, 11) is 0. The highest BCUT2D eigenvalue weighted by atomic mass is 16.2. The minimum atomic E-state index is -0.289. The summed E-state index contributed by atoms with van der Waals surface area (Å²) in [6.07, 6.45) is 7.76. The number of benzene rings is 1. The maximum atomic E-state index is 13.4. The summed E-state index contributed by atoms with van der Waals surface area (Å²) in [5, 5.41) is 7.74. The average Bonchev–Trinajstić information content (AvgIpc) is 3.51. The summed E-state index contributed by atoms with van der Waals surface area (Å²) in [5.41, 5.74) is 6.40. The molecule has 2 aromatic heterocycles. The van der Waals surface area contributed by atoms with Crippen molar-refractivity contribution in [1.29, 1.82) is 0 Å². The molecule has 1 aliphatic heterocycles. The minimum Gasteiger partial charge on any atom is -0.357 e. The van der Waals surface area contributed by atoms with Gasteiger partial charge in [0.05, 0.1) is 13.1 Å². The summed E-state index contributed by atoms with van der Waals surface area (Å²) in [6.45, 7) is 13.6. The highest BCUT2D eigenvalue weighted by Crippen LogP contribution is 2.32. The molecule has 7 nitrogen and oxygen atoms in total. The molecule has 0 aliphatic carbocycles. The van der Waals surface area contributed by atoms with Gasteiger partial charge in [0, 0.05) is 35.6 Å². The standard InChI is InChI=1S/C29H33N5O2/c1-6-19(2)12-13-21(4)16-34-27-22(5)17-33(29(36)25-11-8-14-30-25)18-24(27)26(32-34)28(35)31-23-10-7-9-20(3)15-23/h6-15,22,30H,4,16-18H2,1-3,5H3,(H,31,35)/b13-12-,19-6-/t22-/m1/s1. The number of aromatic nitrogens is 3. The second kappa shape index (κ2) is 10.6. The fraction of sp³-hybridized carbons (Fsp3) is 0.276. The van der Waals surface area contributed by atoms with Crippen LogP contribution in [0.25, 0.3) is 0 Å². The molecule has 36 heavy (non-hydrogen) atoms. The van der Waals surface area contributed by atoms with Crippen molar-refractivity contribution in [2.45, 2.75) is 46.7 Å². The van der Waals surface area contributed by atoms with Gasteiger partial charge < -0.3 is 15.2 Å². The molecule has 4 rings (SSSR count). The van der Waals surface area contributed by atoms with E-state index in [1.54, 1.807) is 23.2 Å². The number of aryl methyl sites for hydroxylation is 1. The molecule has 0 radical (unpaired) electrons. The Morgan fingerprint density at radius 1 is 1.25 bits per heavy atom. The molecular weight excluding hydrogens is 450 g/mol. The molecule has 0 bridgehead atoms. The lowest BCUT2D eigenvalue weighted by Crippen LogP contribution is -2.38. The zero-order valence-electron chi connectivity index (χ0n) is 21.3. The number of amides is 2. The van der Waals surface area contributed by atoms with Crippen molar-refractivity contribution in [3.05, 3.63) is 107 Å². The molecule has 3 aromatic rings. The molecule has 0 saturated carbocycles. The van der Waals surface area contributed by atoms with Crippen molar-refractivity contribution in [2.24, 2.45) is 0 Å². The molecule has 1 aromatic carbocycles. The Hall–Kier alpha value is -4.13. The topological polar surface area (TPSA) is 83.0 Å². The number of hydrogen-bond donors (Lipinski definition) is 2. The van der Waals surface area contributed by atoms with Crippen molar-refractivity contribution in [2.75, 3.05) is 11.9 Å². The molecule has 0 saturated heterocycles. The van der Waals surface area contributed by atoms with E-state index in [1.807, 2.05) is 67.9 Å². The highest BCUT2D eigenvalue weighted by molar-refractivity contribution is 6.04. The number of nitrogens with one attached hydrogen (secondary N) is 2. The van der Waals surface area contributed by atoms with Crippen LogP contribution in [0.4, 0.5) is 5.69 Å². The van der Waals surface area contributed by atoms with Gasteiger partial charge in [0.25, 0.3) is 11.8 Å². The fourth-order valence-electron chi connectivity index (χ4n) is 4.49. The lowest BCUT2D eigenvalue weighted by Gasteiger charge is -2.32. The zero-order valence-corrected chi connectivity index (χ0v) is 21.3. The molecule has 0 unspecified atom stereocenters. The smallest absolute Gasteiger partial charge is 0.276 e. The second-order valence-electron chi connectivity index (χ2n) is 9.39. The van der Waals surface area contributed by atoms with Crippen molar-refractivity contribution in [1.82, 2.24) is 19.7 Å². The van der Waals surface area contributed by atoms with Crippen LogP contribution in [0.3, 0.4) is 0 Å². The molecule has 0 fully saturated rings. The molecule has 2 amide bonds. The van der Waals surface area contributed by atoms with Crippen LogP contribution in [0.15, 0.2) is 78.5 Å². The zero-order chi connectivity index (χ0) is 25.8. The SMILES string of the molecule is C=C(/C=C\C(C)=C/C)Cn1nc(C(=O)Nc2cccc(C)c2)c2c1[C@H](C)CN(C(=O)c1ccc[nH]1)C2. The first kappa shape index (κ1) is 25.0. The van der Waals surface area contributed by atoms with Crippen molar-refractivity contribution >= 4 is 17.5 Å². The van der Waals surface area contributed by atoms with Gasteiger partial charge >= 0.3 is 0 Å². The number of aromatic amines is 1. The molecule has 186 valence electrons. The van der Waals surface area contributed by atoms with Crippen molar-refractivity contribution in [3.8, 4) is 0 Å². The van der Waals surface area contributed by atoms with Gasteiger partial charge in [-0.25, -0.2) is 0 Å². The van der Waals surface area contributed by atoms with Crippen LogP contribution < -0.4 is 5.32 Å². The molecule has 2 N–H and O–H groups in total. The number of fused-ring (bicyclic) bond motifs is 1. The number of allylic oxidation sites excluding steroid dienone is 5. The van der Waals surface area contributed by atoms with Gasteiger partial charge in [-0.15, -0.1) is 0 Å². The van der Waals surface area contributed by atoms with E-state index in [0.29, 0.717) is 36.7 Å². The molecule has 3 heterocycles. The van der Waals surface area contributed by atoms with Gasteiger partial charge in [0.15, 0.2) is 5.69 Å². The summed E-state index contributed by atoms with van der Waals surface area (Å²) in [6, 6.07) is 11.2. The van der Waals surface area contributed by atoms with Gasteiger partial charge in [0.1, 0.15) is 5.69 Å². The van der Waals surface area contributed by atoms with Gasteiger partial charge in [-0.3, -0.25) is 14.3 Å². The van der Waals surface area contributed by atoms with Crippen LogP contribution in [0, 0.1) is 6.92 Å². The monoisotopic (exact) mass is 483 g/mol. The Bertz CT molecular complexity index is 1340. The number of carbonyl (C=O) groups is 2. The Morgan fingerprint density at radius 2 is 2.06 bits per heavy atom. The maximum Gasteiger partial charge on any atom is 0.276 e. The number of nitrogens with zero attached hydrogens (tertiary/aromatic N) is 3. The van der Waals surface area contributed by atoms with E-state index in [2.05, 4.69) is 23.8 Å². The van der Waals surface area contributed by atoms with E-state index < -0.39 is 0 Å². The molecule has 1 atom stereocenters. The van der Waals surface area contributed by atoms with E-state index in [1.165, 1.54) is 0 Å². The number of carbonyl (C=O) groups excluding carboxylic acids is 2. The van der Waals surface area contributed by atoms with Gasteiger partial charge in [-0.2, -0.15) is 5.10 Å².